The summed E-state index contributed by atoms with van der Waals surface area (Å²) in [6, 6.07) is 5.69. The number of nitrogens with zero attached hydrogens (tertiary/aromatic N) is 7. The maximum Gasteiger partial charge on any atom is 0.259 e. The summed E-state index contributed by atoms with van der Waals surface area (Å²) in [6.07, 6.45) is 3.08. The van der Waals surface area contributed by atoms with E-state index in [2.05, 4.69) is 30.3 Å². The largest absolute Gasteiger partial charge is 0.616 e. The lowest BCUT2D eigenvalue weighted by Crippen LogP contribution is -2.48. The molecule has 1 saturated heterocycles. The Morgan fingerprint density at radius 1 is 1.16 bits per heavy atom. The molecule has 0 radical (unpaired) electrons. The maximum absolute atomic E-state index is 14.5. The molecule has 15 heteroatoms. The molecule has 0 amide bonds. The highest BCUT2D eigenvalue weighted by molar-refractivity contribution is 7.90. The summed E-state index contributed by atoms with van der Waals surface area (Å²) in [5.41, 5.74) is 6.32. The normalized spacial score (nSPS) is 15.2. The Bertz CT molecular complexity index is 1380. The first-order chi connectivity index (χ1) is 18.4. The lowest BCUT2D eigenvalue weighted by molar-refractivity contribution is 0.266. The Labute approximate surface area is 220 Å². The van der Waals surface area contributed by atoms with Gasteiger partial charge < -0.3 is 29.7 Å². The molecule has 0 saturated carbocycles. The van der Waals surface area contributed by atoms with Gasteiger partial charge >= 0.3 is 0 Å². The topological polar surface area (TPSA) is 146 Å². The zero-order valence-electron chi connectivity index (χ0n) is 20.6. The van der Waals surface area contributed by atoms with Gasteiger partial charge in [-0.3, -0.25) is 4.90 Å². The summed E-state index contributed by atoms with van der Waals surface area (Å²) in [6.45, 7) is 3.83. The van der Waals surface area contributed by atoms with Crippen LogP contribution in [-0.2, 0) is 11.2 Å². The lowest BCUT2D eigenvalue weighted by atomic mass is 10.2. The first-order valence-corrected chi connectivity index (χ1v) is 13.7. The Balaban J connectivity index is 1.14. The van der Waals surface area contributed by atoms with Crippen LogP contribution in [0.5, 0.6) is 5.75 Å². The minimum atomic E-state index is -1.06. The van der Waals surface area contributed by atoms with Gasteiger partial charge in [0, 0.05) is 51.4 Å². The van der Waals surface area contributed by atoms with E-state index < -0.39 is 22.8 Å². The highest BCUT2D eigenvalue weighted by atomic mass is 32.2. The van der Waals surface area contributed by atoms with Crippen LogP contribution in [-0.4, -0.2) is 91.9 Å². The van der Waals surface area contributed by atoms with Crippen molar-refractivity contribution < 1.29 is 22.5 Å². The molecular formula is C23H27F2N9O3S. The quantitative estimate of drug-likeness (QED) is 0.279. The molecule has 0 aliphatic carbocycles. The second-order valence-corrected chi connectivity index (χ2v) is 10.2. The average Bonchev–Trinajstić information content (AvgIpc) is 3.56. The van der Waals surface area contributed by atoms with Gasteiger partial charge in [0.1, 0.15) is 18.2 Å². The van der Waals surface area contributed by atoms with Crippen LogP contribution in [0.25, 0.3) is 17.4 Å². The van der Waals surface area contributed by atoms with E-state index in [0.29, 0.717) is 62.6 Å². The fourth-order valence-corrected chi connectivity index (χ4v) is 4.39. The molecule has 1 aliphatic rings. The standard InChI is InChI=1S/C23H27F2N9O3S/c1-38(35)12-11-37-19-14-17(15(24)13-16(19)25)33-8-6-32(7-9-33)5-4-27-22-29-21(26)34-23(30-22)28-20(31-34)18-3-2-10-36-18/h2-3,10,13-14H,4-9,11-12H2,1H3,(H3,26,27,28,29,30,31)/t38-/m1/s1. The molecule has 1 fully saturated rings. The van der Waals surface area contributed by atoms with Gasteiger partial charge in [0.05, 0.1) is 18.2 Å². The Kier molecular flexibility index (Phi) is 7.76. The maximum atomic E-state index is 14.5. The van der Waals surface area contributed by atoms with Gasteiger partial charge in [-0.1, -0.05) is 11.2 Å². The number of halogens is 2. The molecule has 1 aromatic carbocycles. The van der Waals surface area contributed by atoms with Gasteiger partial charge in [-0.25, -0.2) is 8.78 Å². The van der Waals surface area contributed by atoms with E-state index in [1.165, 1.54) is 16.8 Å². The van der Waals surface area contributed by atoms with Crippen molar-refractivity contribution in [2.45, 2.75) is 0 Å². The monoisotopic (exact) mass is 547 g/mol. The Morgan fingerprint density at radius 3 is 2.71 bits per heavy atom. The first-order valence-electron chi connectivity index (χ1n) is 11.9. The summed E-state index contributed by atoms with van der Waals surface area (Å²) in [5, 5.41) is 7.43. The SMILES string of the molecule is C[S@@+]([O-])CCOc1cc(N2CCN(CCNc3nc(N)n4nc(-c5ccco5)nc4n3)CC2)c(F)cc1F. The van der Waals surface area contributed by atoms with Gasteiger partial charge in [0.15, 0.2) is 17.3 Å². The van der Waals surface area contributed by atoms with Crippen LogP contribution in [0.2, 0.25) is 0 Å². The number of hydrogen-bond donors (Lipinski definition) is 2. The number of nitrogens with one attached hydrogen (secondary N) is 1. The summed E-state index contributed by atoms with van der Waals surface area (Å²) >= 11 is -1.06. The molecule has 4 aromatic rings. The number of nitrogen functional groups attached to an aromatic ring is 1. The molecule has 202 valence electrons. The number of ether oxygens (including phenoxy) is 1. The molecule has 3 aromatic heterocycles. The van der Waals surface area contributed by atoms with Crippen LogP contribution in [0.1, 0.15) is 0 Å². The van der Waals surface area contributed by atoms with Crippen LogP contribution in [0, 0.1) is 11.6 Å². The van der Waals surface area contributed by atoms with Crippen molar-refractivity contribution in [3.63, 3.8) is 0 Å². The number of furan rings is 1. The van der Waals surface area contributed by atoms with E-state index >= 15 is 0 Å². The van der Waals surface area contributed by atoms with Gasteiger partial charge in [0.25, 0.3) is 5.78 Å². The third-order valence-electron chi connectivity index (χ3n) is 6.03. The predicted molar refractivity (Wildman–Crippen MR) is 139 cm³/mol. The van der Waals surface area contributed by atoms with Crippen LogP contribution < -0.4 is 20.7 Å². The zero-order valence-corrected chi connectivity index (χ0v) is 21.5. The number of anilines is 3. The van der Waals surface area contributed by atoms with Crippen LogP contribution in [0.4, 0.5) is 26.4 Å². The molecule has 0 bridgehead atoms. The minimum absolute atomic E-state index is 0.0429. The van der Waals surface area contributed by atoms with E-state index in [9.17, 15) is 13.3 Å². The highest BCUT2D eigenvalue weighted by Crippen LogP contribution is 2.29. The number of nitrogens with two attached hydrogens (primary N) is 1. The predicted octanol–water partition coefficient (Wildman–Crippen LogP) is 1.63. The molecule has 5 rings (SSSR count). The molecule has 12 nitrogen and oxygen atoms in total. The van der Waals surface area contributed by atoms with Crippen molar-refractivity contribution >= 4 is 34.5 Å². The lowest BCUT2D eigenvalue weighted by Gasteiger charge is -2.36. The molecule has 1 atom stereocenters. The zero-order chi connectivity index (χ0) is 26.6. The molecule has 0 spiro atoms. The van der Waals surface area contributed by atoms with Gasteiger partial charge in [0.2, 0.25) is 17.7 Å². The number of piperazine rings is 1. The van der Waals surface area contributed by atoms with Crippen LogP contribution >= 0.6 is 0 Å². The number of fused-ring (bicyclic) bond motifs is 1. The van der Waals surface area contributed by atoms with Crippen molar-refractivity contribution in [2.24, 2.45) is 0 Å². The van der Waals surface area contributed by atoms with E-state index in [-0.39, 0.29) is 29.7 Å². The van der Waals surface area contributed by atoms with E-state index in [0.717, 1.165) is 6.07 Å². The van der Waals surface area contributed by atoms with Crippen molar-refractivity contribution in [2.75, 3.05) is 73.8 Å². The van der Waals surface area contributed by atoms with E-state index in [1.807, 2.05) is 4.90 Å². The Hall–Kier alpha value is -3.69. The number of aromatic nitrogens is 5. The Morgan fingerprint density at radius 2 is 1.97 bits per heavy atom. The fourth-order valence-electron chi connectivity index (χ4n) is 4.07. The van der Waals surface area contributed by atoms with Gasteiger partial charge in [-0.05, 0) is 12.1 Å². The third kappa shape index (κ3) is 5.89. The number of benzene rings is 1. The summed E-state index contributed by atoms with van der Waals surface area (Å²) < 4.78 is 51.9. The van der Waals surface area contributed by atoms with Crippen LogP contribution in [0.15, 0.2) is 34.9 Å². The highest BCUT2D eigenvalue weighted by Gasteiger charge is 2.22. The summed E-state index contributed by atoms with van der Waals surface area (Å²) in [7, 11) is 0. The van der Waals surface area contributed by atoms with E-state index in [1.54, 1.807) is 18.4 Å². The van der Waals surface area contributed by atoms with Crippen molar-refractivity contribution in [3.05, 3.63) is 42.2 Å². The molecule has 3 N–H and O–H groups in total. The third-order valence-corrected chi connectivity index (χ3v) is 6.77. The molecular weight excluding hydrogens is 520 g/mol. The summed E-state index contributed by atoms with van der Waals surface area (Å²) in [5.74, 6) is 0.451. The van der Waals surface area contributed by atoms with Crippen molar-refractivity contribution in [1.82, 2.24) is 29.5 Å². The second kappa shape index (κ2) is 11.4. The average molecular weight is 548 g/mol. The first kappa shape index (κ1) is 25.9. The smallest absolute Gasteiger partial charge is 0.259 e. The molecule has 1 aliphatic heterocycles. The molecule has 38 heavy (non-hydrogen) atoms. The van der Waals surface area contributed by atoms with Gasteiger partial charge in [-0.15, -0.1) is 5.10 Å². The minimum Gasteiger partial charge on any atom is -0.616 e. The molecule has 0 unspecified atom stereocenters. The summed E-state index contributed by atoms with van der Waals surface area (Å²) in [4.78, 5) is 17.0. The van der Waals surface area contributed by atoms with Crippen molar-refractivity contribution in [1.29, 1.82) is 0 Å². The molecule has 4 heterocycles. The second-order valence-electron chi connectivity index (χ2n) is 8.65. The van der Waals surface area contributed by atoms with Crippen molar-refractivity contribution in [3.8, 4) is 17.3 Å². The number of hydrogen-bond acceptors (Lipinski definition) is 11. The number of rotatable bonds is 10. The fraction of sp³-hybridized carbons (Fsp3) is 0.391. The van der Waals surface area contributed by atoms with Crippen LogP contribution in [0.3, 0.4) is 0 Å². The van der Waals surface area contributed by atoms with E-state index in [4.69, 9.17) is 14.9 Å². The van der Waals surface area contributed by atoms with Gasteiger partial charge in [-0.2, -0.15) is 19.5 Å².